The molecule has 0 saturated carbocycles. The smallest absolute Gasteiger partial charge is 0.147 e. The summed E-state index contributed by atoms with van der Waals surface area (Å²) in [6.07, 6.45) is 8.59. The molecule has 2 heterocycles. The Hall–Kier alpha value is -4.83. The van der Waals surface area contributed by atoms with Crippen LogP contribution in [-0.4, -0.2) is 0 Å². The fourth-order valence-electron chi connectivity index (χ4n) is 8.42. The zero-order valence-corrected chi connectivity index (χ0v) is 30.6. The predicted octanol–water partition coefficient (Wildman–Crippen LogP) is 8.58. The fraction of sp³-hybridized carbons (Fsp3) is 0.0435. The summed E-state index contributed by atoms with van der Waals surface area (Å²) in [5.41, 5.74) is 1.32. The van der Waals surface area contributed by atoms with Gasteiger partial charge in [0.1, 0.15) is 0 Å². The summed E-state index contributed by atoms with van der Waals surface area (Å²) in [6, 6.07) is 57.2. The van der Waals surface area contributed by atoms with Gasteiger partial charge in [-0.3, -0.25) is 0 Å². The van der Waals surface area contributed by atoms with Gasteiger partial charge < -0.3 is 0 Å². The van der Waals surface area contributed by atoms with E-state index in [4.69, 9.17) is 8.83 Å². The molecule has 51 heavy (non-hydrogen) atoms. The maximum Gasteiger partial charge on any atom is -0.147 e. The van der Waals surface area contributed by atoms with E-state index in [0.717, 1.165) is 11.5 Å². The Morgan fingerprint density at radius 1 is 0.392 bits per heavy atom. The van der Waals surface area contributed by atoms with Crippen molar-refractivity contribution < 1.29 is 28.0 Å². The molecule has 0 saturated heterocycles. The third-order valence-corrected chi connectivity index (χ3v) is 13.3. The number of benzene rings is 6. The van der Waals surface area contributed by atoms with Crippen LogP contribution in [0.4, 0.5) is 0 Å². The minimum atomic E-state index is -1.08. The molecular weight excluding hydrogens is 703 g/mol. The first kappa shape index (κ1) is 33.3. The second-order valence-corrected chi connectivity index (χ2v) is 14.9. The Labute approximate surface area is 316 Å². The van der Waals surface area contributed by atoms with E-state index in [0.29, 0.717) is 0 Å². The van der Waals surface area contributed by atoms with Gasteiger partial charge >= 0.3 is 294 Å². The van der Waals surface area contributed by atoms with Crippen molar-refractivity contribution in [3.8, 4) is 0 Å². The van der Waals surface area contributed by atoms with Crippen LogP contribution >= 0.6 is 24.8 Å². The van der Waals surface area contributed by atoms with Crippen LogP contribution in [0.5, 0.6) is 0 Å². The molecule has 2 atom stereocenters. The summed E-state index contributed by atoms with van der Waals surface area (Å²) in [7, 11) is 0. The second-order valence-electron chi connectivity index (χ2n) is 13.0. The van der Waals surface area contributed by atoms with E-state index in [1.165, 1.54) is 61.3 Å². The molecule has 0 spiro atoms. The molecule has 0 N–H and O–H groups in total. The number of fused-ring (bicyclic) bond motifs is 4. The van der Waals surface area contributed by atoms with Crippen molar-refractivity contribution in [3.05, 3.63) is 214 Å². The van der Waals surface area contributed by atoms with Gasteiger partial charge in [0.05, 0.1) is 0 Å². The fourth-order valence-corrected chi connectivity index (χ4v) is 11.6. The van der Waals surface area contributed by atoms with E-state index in [9.17, 15) is 0 Å². The van der Waals surface area contributed by atoms with Crippen LogP contribution in [0.15, 0.2) is 179 Å². The first-order valence-electron chi connectivity index (χ1n) is 16.7. The summed E-state index contributed by atoms with van der Waals surface area (Å²) in [6.45, 7) is 0. The monoisotopic (exact) mass is 734 g/mol. The van der Waals surface area contributed by atoms with Crippen molar-refractivity contribution in [2.45, 2.75) is 10.8 Å². The third kappa shape index (κ3) is 4.89. The van der Waals surface area contributed by atoms with Crippen LogP contribution in [-0.2, 0) is 30.0 Å². The average Bonchev–Trinajstić information content (AvgIpc) is 3.98. The Kier molecular flexibility index (Phi) is 8.53. The van der Waals surface area contributed by atoms with Crippen LogP contribution in [0, 0.1) is 0 Å². The van der Waals surface area contributed by atoms with Gasteiger partial charge in [0.25, 0.3) is 0 Å². The quantitative estimate of drug-likeness (QED) is 0.160. The van der Waals surface area contributed by atoms with Crippen molar-refractivity contribution in [2.24, 2.45) is 0 Å². The maximum absolute atomic E-state index is 6.52. The third-order valence-electron chi connectivity index (χ3n) is 10.5. The number of hydrogen-bond donors (Lipinski definition) is 0. The van der Waals surface area contributed by atoms with Crippen molar-refractivity contribution in [3.63, 3.8) is 0 Å². The van der Waals surface area contributed by atoms with Crippen LogP contribution < -0.4 is 20.9 Å². The summed E-state index contributed by atoms with van der Waals surface area (Å²) < 4.78 is 15.9. The first-order chi connectivity index (χ1) is 24.3. The van der Waals surface area contributed by atoms with E-state index in [1.54, 1.807) is 0 Å². The van der Waals surface area contributed by atoms with Crippen molar-refractivity contribution >= 4 is 66.3 Å². The molecule has 0 fully saturated rings. The van der Waals surface area contributed by atoms with Gasteiger partial charge in [-0.05, 0) is 0 Å². The van der Waals surface area contributed by atoms with Crippen LogP contribution in [0.2, 0.25) is 0 Å². The molecule has 246 valence electrons. The van der Waals surface area contributed by atoms with Gasteiger partial charge in [-0.2, -0.15) is 0 Å². The first-order valence-corrected chi connectivity index (χ1v) is 18.3. The Bertz CT molecular complexity index is 2620. The molecular formula is C46H32Cl2O2Ti. The Morgan fingerprint density at radius 3 is 1.25 bits per heavy atom. The van der Waals surface area contributed by atoms with E-state index in [2.05, 4.69) is 158 Å². The molecule has 0 radical (unpaired) electrons. The van der Waals surface area contributed by atoms with E-state index < -0.39 is 30.0 Å². The van der Waals surface area contributed by atoms with E-state index in [-0.39, 0.29) is 24.8 Å². The van der Waals surface area contributed by atoms with Crippen LogP contribution in [0.3, 0.4) is 0 Å². The summed E-state index contributed by atoms with van der Waals surface area (Å²) >= 11 is -1.08. The minimum absolute atomic E-state index is 0. The minimum Gasteiger partial charge on any atom is -0.147 e. The standard InChI is InChI=1S/2C23H15O.2ClH.Ti/c2*1-2-9-19-16-23(15-18(19)8-1,22-13-6-14-24-22)21-12-5-10-17-7-3-4-11-20(17)21;;;/h2*1-15H;2*1H;. The SMILES string of the molecule is C1=c2ccccc2=[C]([Ti][C]2=c3ccccc3=CC2(c2ccco2)c2cccc3ccccc23)C1(c1ccco1)c1cccc2ccccc12.Cl.Cl. The molecule has 10 rings (SSSR count). The van der Waals surface area contributed by atoms with Crippen molar-refractivity contribution in [1.29, 1.82) is 0 Å². The molecule has 2 unspecified atom stereocenters. The number of halogens is 2. The topological polar surface area (TPSA) is 26.3 Å². The van der Waals surface area contributed by atoms with E-state index in [1.807, 2.05) is 24.7 Å². The molecule has 0 bridgehead atoms. The zero-order chi connectivity index (χ0) is 32.4. The summed E-state index contributed by atoms with van der Waals surface area (Å²) in [4.78, 5) is 0. The van der Waals surface area contributed by atoms with Gasteiger partial charge in [-0.25, -0.2) is 0 Å². The average molecular weight is 736 g/mol. The van der Waals surface area contributed by atoms with Gasteiger partial charge in [0.2, 0.25) is 0 Å². The number of hydrogen-bond acceptors (Lipinski definition) is 2. The van der Waals surface area contributed by atoms with Gasteiger partial charge in [0.15, 0.2) is 0 Å². The zero-order valence-electron chi connectivity index (χ0n) is 27.5. The molecule has 2 aliphatic carbocycles. The molecule has 2 aliphatic rings. The normalized spacial score (nSPS) is 18.7. The summed E-state index contributed by atoms with van der Waals surface area (Å²) in [5.74, 6) is 1.90. The Balaban J connectivity index is 0.00000187. The Morgan fingerprint density at radius 2 is 0.804 bits per heavy atom. The van der Waals surface area contributed by atoms with Crippen molar-refractivity contribution in [2.75, 3.05) is 0 Å². The van der Waals surface area contributed by atoms with Gasteiger partial charge in [-0.1, -0.05) is 0 Å². The largest absolute Gasteiger partial charge is 0.147 e. The van der Waals surface area contributed by atoms with E-state index >= 15 is 0 Å². The molecule has 2 nitrogen and oxygen atoms in total. The molecule has 0 amide bonds. The molecule has 0 aliphatic heterocycles. The molecule has 2 aromatic heterocycles. The van der Waals surface area contributed by atoms with Gasteiger partial charge in [0, 0.05) is 0 Å². The maximum atomic E-state index is 6.52. The van der Waals surface area contributed by atoms with Crippen LogP contribution in [0.25, 0.3) is 41.5 Å². The number of rotatable bonds is 6. The molecule has 8 aromatic rings. The second kappa shape index (κ2) is 13.1. The molecule has 5 heteroatoms. The predicted molar refractivity (Wildman–Crippen MR) is 208 cm³/mol. The van der Waals surface area contributed by atoms with Crippen LogP contribution in [0.1, 0.15) is 22.6 Å². The molecule has 6 aromatic carbocycles. The van der Waals surface area contributed by atoms with Crippen molar-refractivity contribution in [1.82, 2.24) is 0 Å². The number of furan rings is 2. The summed E-state index contributed by atoms with van der Waals surface area (Å²) in [5, 5.41) is 10.0. The van der Waals surface area contributed by atoms with Gasteiger partial charge in [-0.15, -0.1) is 24.8 Å².